The molecule has 0 radical (unpaired) electrons. The maximum absolute atomic E-state index is 11.3. The molecular weight excluding hydrogens is 441 g/mol. The van der Waals surface area contributed by atoms with Gasteiger partial charge < -0.3 is 43.6 Å². The largest absolute Gasteiger partial charge is 0.470 e. The van der Waals surface area contributed by atoms with Crippen LogP contribution in [0.15, 0.2) is 0 Å². The first kappa shape index (κ1) is 25.2. The number of phosphoric acid groups is 3. The van der Waals surface area contributed by atoms with Crippen molar-refractivity contribution >= 4 is 23.5 Å². The summed E-state index contributed by atoms with van der Waals surface area (Å²) in [5, 5.41) is 0. The third kappa shape index (κ3) is 7.52. The van der Waals surface area contributed by atoms with Crippen LogP contribution in [0.3, 0.4) is 0 Å². The van der Waals surface area contributed by atoms with Crippen LogP contribution in [0.4, 0.5) is 0 Å². The van der Waals surface area contributed by atoms with Gasteiger partial charge in [-0.2, -0.15) is 0 Å². The lowest BCUT2D eigenvalue weighted by Gasteiger charge is -2.47. The molecule has 15 nitrogen and oxygen atoms in total. The molecule has 1 saturated carbocycles. The molecule has 2 unspecified atom stereocenters. The fourth-order valence-electron chi connectivity index (χ4n) is 2.76. The number of ether oxygens (including phenoxy) is 3. The van der Waals surface area contributed by atoms with Gasteiger partial charge in [-0.05, 0) is 0 Å². The Hall–Kier alpha value is 0.210. The SMILES string of the molecule is COC1[C@@H](OC)[C@H](OP(=O)(O)O)C(OP(=O)(O)O)[C@@H](OP(=O)(O)O)[C@H]1OC. The topological polar surface area (TPSA) is 228 Å². The van der Waals surface area contributed by atoms with Crippen LogP contribution in [0, 0.1) is 0 Å². The zero-order valence-corrected chi connectivity index (χ0v) is 16.8. The maximum atomic E-state index is 11.3. The van der Waals surface area contributed by atoms with Crippen LogP contribution in [0.1, 0.15) is 0 Å². The van der Waals surface area contributed by atoms with Gasteiger partial charge in [0.2, 0.25) is 0 Å². The van der Waals surface area contributed by atoms with Crippen LogP contribution < -0.4 is 0 Å². The van der Waals surface area contributed by atoms with E-state index in [-0.39, 0.29) is 0 Å². The summed E-state index contributed by atoms with van der Waals surface area (Å²) < 4.78 is 62.6. The highest BCUT2D eigenvalue weighted by Crippen LogP contribution is 2.51. The molecule has 1 aliphatic carbocycles. The van der Waals surface area contributed by atoms with E-state index in [0.717, 1.165) is 21.3 Å². The third-order valence-corrected chi connectivity index (χ3v) is 5.09. The van der Waals surface area contributed by atoms with E-state index in [1.165, 1.54) is 0 Å². The summed E-state index contributed by atoms with van der Waals surface area (Å²) >= 11 is 0. The molecule has 1 aliphatic rings. The molecule has 0 aromatic heterocycles. The summed E-state index contributed by atoms with van der Waals surface area (Å²) in [7, 11) is -12.7. The second kappa shape index (κ2) is 9.35. The Morgan fingerprint density at radius 3 is 0.852 bits per heavy atom. The van der Waals surface area contributed by atoms with Gasteiger partial charge in [0.1, 0.15) is 36.6 Å². The van der Waals surface area contributed by atoms with E-state index in [0.29, 0.717) is 0 Å². The van der Waals surface area contributed by atoms with Crippen LogP contribution in [-0.2, 0) is 41.5 Å². The lowest BCUT2D eigenvalue weighted by molar-refractivity contribution is -0.232. The Kier molecular flexibility index (Phi) is 8.74. The first-order valence-corrected chi connectivity index (χ1v) is 11.5. The average molecular weight is 462 g/mol. The van der Waals surface area contributed by atoms with Crippen molar-refractivity contribution in [2.75, 3.05) is 21.3 Å². The lowest BCUT2D eigenvalue weighted by Crippen LogP contribution is -2.66. The van der Waals surface area contributed by atoms with E-state index < -0.39 is 60.1 Å². The smallest absolute Gasteiger partial charge is 0.376 e. The minimum absolute atomic E-state index is 1.07. The van der Waals surface area contributed by atoms with E-state index in [4.69, 9.17) is 43.6 Å². The molecule has 0 aromatic carbocycles. The van der Waals surface area contributed by atoms with Gasteiger partial charge in [-0.15, -0.1) is 0 Å². The fraction of sp³-hybridized carbons (Fsp3) is 1.00. The van der Waals surface area contributed by atoms with Gasteiger partial charge in [0.15, 0.2) is 0 Å². The molecule has 0 amide bonds. The molecule has 0 bridgehead atoms. The number of hydrogen-bond donors (Lipinski definition) is 6. The molecule has 0 spiro atoms. The summed E-state index contributed by atoms with van der Waals surface area (Å²) in [6, 6.07) is 0. The average Bonchev–Trinajstić information content (AvgIpc) is 2.46. The van der Waals surface area contributed by atoms with E-state index in [2.05, 4.69) is 13.6 Å². The highest BCUT2D eigenvalue weighted by molar-refractivity contribution is 7.47. The Labute approximate surface area is 153 Å². The van der Waals surface area contributed by atoms with Crippen LogP contribution >= 0.6 is 23.5 Å². The Morgan fingerprint density at radius 1 is 0.481 bits per heavy atom. The predicted octanol–water partition coefficient (Wildman–Crippen LogP) is -1.52. The van der Waals surface area contributed by atoms with E-state index >= 15 is 0 Å². The highest BCUT2D eigenvalue weighted by atomic mass is 31.2. The van der Waals surface area contributed by atoms with E-state index in [9.17, 15) is 13.7 Å². The summed E-state index contributed by atoms with van der Waals surface area (Å²) in [4.78, 5) is 54.7. The number of phosphoric ester groups is 3. The maximum Gasteiger partial charge on any atom is 0.470 e. The molecule has 18 heteroatoms. The third-order valence-electron chi connectivity index (χ3n) is 3.54. The monoisotopic (exact) mass is 462 g/mol. The molecular formula is C9H21O15P3. The minimum Gasteiger partial charge on any atom is -0.376 e. The molecule has 6 N–H and O–H groups in total. The van der Waals surface area contributed by atoms with Crippen molar-refractivity contribution in [1.82, 2.24) is 0 Å². The summed E-state index contributed by atoms with van der Waals surface area (Å²) in [5.74, 6) is 0. The number of rotatable bonds is 9. The minimum atomic E-state index is -5.36. The van der Waals surface area contributed by atoms with Gasteiger partial charge in [-0.25, -0.2) is 13.7 Å². The van der Waals surface area contributed by atoms with Gasteiger partial charge >= 0.3 is 23.5 Å². The summed E-state index contributed by atoms with van der Waals surface area (Å²) in [6.45, 7) is 0. The highest BCUT2D eigenvalue weighted by Gasteiger charge is 2.58. The predicted molar refractivity (Wildman–Crippen MR) is 83.1 cm³/mol. The fourth-order valence-corrected chi connectivity index (χ4v) is 4.43. The van der Waals surface area contributed by atoms with Crippen molar-refractivity contribution in [3.63, 3.8) is 0 Å². The standard InChI is InChI=1S/C9H21O15P3/c1-19-4-5(20-2)7(22-25(10,11)12)9(24-27(16,17)18)8(6(4)21-3)23-26(13,14)15/h4-9H,1-3H3,(H2,10,11,12)(H2,13,14,15)(H2,16,17,18)/t4?,5-,6+,7-,8-,9?/m0/s1. The first-order valence-electron chi connectivity index (χ1n) is 6.93. The van der Waals surface area contributed by atoms with E-state index in [1.807, 2.05) is 0 Å². The summed E-state index contributed by atoms with van der Waals surface area (Å²) in [5.41, 5.74) is 0. The zero-order chi connectivity index (χ0) is 21.2. The Balaban J connectivity index is 3.53. The second-order valence-electron chi connectivity index (χ2n) is 5.28. The van der Waals surface area contributed by atoms with Crippen LogP contribution in [0.25, 0.3) is 0 Å². The molecule has 6 atom stereocenters. The molecule has 1 fully saturated rings. The lowest BCUT2D eigenvalue weighted by atomic mass is 9.84. The van der Waals surface area contributed by atoms with E-state index in [1.54, 1.807) is 0 Å². The molecule has 0 saturated heterocycles. The van der Waals surface area contributed by atoms with Crippen molar-refractivity contribution < 1.29 is 70.8 Å². The van der Waals surface area contributed by atoms with Crippen molar-refractivity contribution in [2.24, 2.45) is 0 Å². The van der Waals surface area contributed by atoms with Crippen molar-refractivity contribution in [3.05, 3.63) is 0 Å². The second-order valence-corrected chi connectivity index (χ2v) is 8.86. The molecule has 162 valence electrons. The number of methoxy groups -OCH3 is 3. The molecule has 27 heavy (non-hydrogen) atoms. The molecule has 0 aromatic rings. The molecule has 0 aliphatic heterocycles. The summed E-state index contributed by atoms with van der Waals surface area (Å²) in [6.07, 6.45) is -10.3. The Bertz CT molecular complexity index is 582. The first-order chi connectivity index (χ1) is 12.1. The van der Waals surface area contributed by atoms with Crippen molar-refractivity contribution in [3.8, 4) is 0 Å². The van der Waals surface area contributed by atoms with Gasteiger partial charge in [0, 0.05) is 21.3 Å². The normalized spacial score (nSPS) is 33.2. The zero-order valence-electron chi connectivity index (χ0n) is 14.2. The molecule has 0 heterocycles. The molecule has 1 rings (SSSR count). The van der Waals surface area contributed by atoms with Crippen molar-refractivity contribution in [1.29, 1.82) is 0 Å². The number of hydrogen-bond acceptors (Lipinski definition) is 9. The van der Waals surface area contributed by atoms with Gasteiger partial charge in [0.05, 0.1) is 0 Å². The van der Waals surface area contributed by atoms with Gasteiger partial charge in [0.25, 0.3) is 0 Å². The van der Waals surface area contributed by atoms with Gasteiger partial charge in [-0.3, -0.25) is 13.6 Å². The Morgan fingerprint density at radius 2 is 0.667 bits per heavy atom. The van der Waals surface area contributed by atoms with Crippen LogP contribution in [0.5, 0.6) is 0 Å². The van der Waals surface area contributed by atoms with Crippen molar-refractivity contribution in [2.45, 2.75) is 36.6 Å². The van der Waals surface area contributed by atoms with Crippen LogP contribution in [0.2, 0.25) is 0 Å². The van der Waals surface area contributed by atoms with Gasteiger partial charge in [-0.1, -0.05) is 0 Å². The van der Waals surface area contributed by atoms with Crippen LogP contribution in [-0.4, -0.2) is 87.3 Å². The quantitative estimate of drug-likeness (QED) is 0.214.